The molecule has 0 radical (unpaired) electrons. The zero-order valence-electron chi connectivity index (χ0n) is 17.1. The largest absolute Gasteiger partial charge is 0.444 e. The van der Waals surface area contributed by atoms with E-state index in [-0.39, 0.29) is 12.2 Å². The third kappa shape index (κ3) is 9.98. The Morgan fingerprint density at radius 1 is 1.14 bits per heavy atom. The molecule has 29 heavy (non-hydrogen) atoms. The molecule has 166 valence electrons. The van der Waals surface area contributed by atoms with Crippen molar-refractivity contribution in [1.29, 1.82) is 0 Å². The van der Waals surface area contributed by atoms with Crippen LogP contribution in [0.25, 0.3) is 0 Å². The van der Waals surface area contributed by atoms with Crippen LogP contribution >= 0.6 is 11.8 Å². The Hall–Kier alpha value is -1.81. The lowest BCUT2D eigenvalue weighted by molar-refractivity contribution is -0.137. The first-order chi connectivity index (χ1) is 13.4. The van der Waals surface area contributed by atoms with E-state index in [1.54, 1.807) is 20.8 Å². The van der Waals surface area contributed by atoms with Crippen molar-refractivity contribution in [2.75, 3.05) is 36.4 Å². The number of nitrogen functional groups attached to an aromatic ring is 1. The summed E-state index contributed by atoms with van der Waals surface area (Å²) in [6, 6.07) is 2.01. The standard InChI is InChI=1S/C19H31F3N4O2S/c1-18(2,3)28-17(27)26-9-10-29-16-14(24)11-13(19(20,21)22)12-15(16)25-8-6-4-5-7-23/h11-12,25H,4-10,23-24H2,1-3H3,(H,26,27). The van der Waals surface area contributed by atoms with E-state index in [4.69, 9.17) is 16.2 Å². The molecule has 0 aromatic heterocycles. The van der Waals surface area contributed by atoms with Crippen LogP contribution in [0.5, 0.6) is 0 Å². The van der Waals surface area contributed by atoms with Gasteiger partial charge in [-0.3, -0.25) is 0 Å². The number of carbonyl (C=O) groups is 1. The van der Waals surface area contributed by atoms with Crippen molar-refractivity contribution in [3.63, 3.8) is 0 Å². The number of unbranched alkanes of at least 4 members (excludes halogenated alkanes) is 2. The first-order valence-corrected chi connectivity index (χ1v) is 10.5. The van der Waals surface area contributed by atoms with Crippen LogP contribution in [0.2, 0.25) is 0 Å². The first kappa shape index (κ1) is 25.2. The van der Waals surface area contributed by atoms with E-state index in [2.05, 4.69) is 10.6 Å². The maximum Gasteiger partial charge on any atom is 0.416 e. The molecule has 1 aromatic rings. The molecule has 1 rings (SSSR count). The minimum atomic E-state index is -4.48. The van der Waals surface area contributed by atoms with Crippen LogP contribution in [0, 0.1) is 0 Å². The van der Waals surface area contributed by atoms with Crippen LogP contribution < -0.4 is 22.1 Å². The summed E-state index contributed by atoms with van der Waals surface area (Å²) in [4.78, 5) is 12.2. The summed E-state index contributed by atoms with van der Waals surface area (Å²) in [6.07, 6.45) is -2.48. The number of hydrogen-bond donors (Lipinski definition) is 4. The summed E-state index contributed by atoms with van der Waals surface area (Å²) in [6.45, 7) is 6.67. The molecule has 0 aliphatic rings. The number of nitrogens with one attached hydrogen (secondary N) is 2. The highest BCUT2D eigenvalue weighted by Crippen LogP contribution is 2.39. The van der Waals surface area contributed by atoms with Crippen LogP contribution in [-0.2, 0) is 10.9 Å². The fourth-order valence-corrected chi connectivity index (χ4v) is 3.32. The maximum absolute atomic E-state index is 13.1. The first-order valence-electron chi connectivity index (χ1n) is 9.48. The molecule has 0 unspecified atom stereocenters. The van der Waals surface area contributed by atoms with Gasteiger partial charge in [-0.05, 0) is 52.3 Å². The van der Waals surface area contributed by atoms with E-state index in [0.717, 1.165) is 31.4 Å². The molecule has 6 nitrogen and oxygen atoms in total. The molecule has 0 saturated carbocycles. The van der Waals surface area contributed by atoms with Crippen LogP contribution in [0.1, 0.15) is 45.6 Å². The predicted molar refractivity (Wildman–Crippen MR) is 112 cm³/mol. The maximum atomic E-state index is 13.1. The molecule has 0 atom stereocenters. The summed E-state index contributed by atoms with van der Waals surface area (Å²) >= 11 is 1.28. The van der Waals surface area contributed by atoms with Gasteiger partial charge in [0.2, 0.25) is 0 Å². The molecule has 1 amide bonds. The van der Waals surface area contributed by atoms with Crippen LogP contribution in [0.4, 0.5) is 29.3 Å². The predicted octanol–water partition coefficient (Wildman–Crippen LogP) is 4.45. The third-order valence-electron chi connectivity index (χ3n) is 3.66. The number of anilines is 2. The van der Waals surface area contributed by atoms with E-state index in [1.807, 2.05) is 0 Å². The zero-order valence-corrected chi connectivity index (χ0v) is 17.9. The molecule has 0 aliphatic carbocycles. The van der Waals surface area contributed by atoms with Crippen molar-refractivity contribution in [2.24, 2.45) is 5.73 Å². The van der Waals surface area contributed by atoms with Gasteiger partial charge in [0.05, 0.1) is 16.1 Å². The van der Waals surface area contributed by atoms with E-state index in [0.29, 0.717) is 29.4 Å². The van der Waals surface area contributed by atoms with Gasteiger partial charge in [-0.25, -0.2) is 4.79 Å². The average Bonchev–Trinajstić information content (AvgIpc) is 2.57. The summed E-state index contributed by atoms with van der Waals surface area (Å²) < 4.78 is 44.5. The number of ether oxygens (including phenoxy) is 1. The minimum absolute atomic E-state index is 0.0477. The van der Waals surface area contributed by atoms with Crippen LogP contribution in [-0.4, -0.2) is 37.1 Å². The van der Waals surface area contributed by atoms with Crippen molar-refractivity contribution < 1.29 is 22.7 Å². The second-order valence-electron chi connectivity index (χ2n) is 7.49. The Morgan fingerprint density at radius 2 is 1.83 bits per heavy atom. The molecule has 0 bridgehead atoms. The third-order valence-corrected chi connectivity index (χ3v) is 4.81. The highest BCUT2D eigenvalue weighted by Gasteiger charge is 2.32. The van der Waals surface area contributed by atoms with Crippen molar-refractivity contribution in [2.45, 2.75) is 56.7 Å². The fraction of sp³-hybridized carbons (Fsp3) is 0.632. The highest BCUT2D eigenvalue weighted by molar-refractivity contribution is 7.99. The van der Waals surface area contributed by atoms with Crippen molar-refractivity contribution in [3.05, 3.63) is 17.7 Å². The van der Waals surface area contributed by atoms with Crippen LogP contribution in [0.3, 0.4) is 0 Å². The molecule has 0 fully saturated rings. The number of alkyl halides is 3. The monoisotopic (exact) mass is 436 g/mol. The van der Waals surface area contributed by atoms with Crippen molar-refractivity contribution in [3.8, 4) is 0 Å². The number of nitrogens with two attached hydrogens (primary N) is 2. The summed E-state index contributed by atoms with van der Waals surface area (Å²) in [5.74, 6) is 0.427. The lowest BCUT2D eigenvalue weighted by Gasteiger charge is -2.20. The van der Waals surface area contributed by atoms with Gasteiger partial charge >= 0.3 is 12.3 Å². The van der Waals surface area contributed by atoms with Crippen molar-refractivity contribution in [1.82, 2.24) is 5.32 Å². The van der Waals surface area contributed by atoms with Gasteiger partial charge in [-0.2, -0.15) is 13.2 Å². The lowest BCUT2D eigenvalue weighted by atomic mass is 10.1. The Bertz CT molecular complexity index is 664. The molecule has 6 N–H and O–H groups in total. The summed E-state index contributed by atoms with van der Waals surface area (Å²) in [5.41, 5.74) is 10.4. The summed E-state index contributed by atoms with van der Waals surface area (Å²) in [5, 5.41) is 5.67. The molecular formula is C19H31F3N4O2S. The van der Waals surface area contributed by atoms with E-state index >= 15 is 0 Å². The number of thioether (sulfide) groups is 1. The van der Waals surface area contributed by atoms with Crippen LogP contribution in [0.15, 0.2) is 17.0 Å². The smallest absolute Gasteiger partial charge is 0.416 e. The van der Waals surface area contributed by atoms with Gasteiger partial charge in [0.15, 0.2) is 0 Å². The second-order valence-corrected chi connectivity index (χ2v) is 8.60. The molecule has 10 heteroatoms. The number of amides is 1. The number of carbonyl (C=O) groups excluding carboxylic acids is 1. The Labute approximate surface area is 174 Å². The van der Waals surface area contributed by atoms with E-state index in [1.165, 1.54) is 11.8 Å². The quantitative estimate of drug-likeness (QED) is 0.246. The van der Waals surface area contributed by atoms with Gasteiger partial charge in [-0.1, -0.05) is 6.42 Å². The van der Waals surface area contributed by atoms with Crippen molar-refractivity contribution >= 4 is 29.2 Å². The van der Waals surface area contributed by atoms with E-state index in [9.17, 15) is 18.0 Å². The summed E-state index contributed by atoms with van der Waals surface area (Å²) in [7, 11) is 0. The molecular weight excluding hydrogens is 405 g/mol. The van der Waals surface area contributed by atoms with Gasteiger partial charge in [0.25, 0.3) is 0 Å². The Morgan fingerprint density at radius 3 is 2.41 bits per heavy atom. The Kier molecular flexibility index (Phi) is 9.91. The van der Waals surface area contributed by atoms with E-state index < -0.39 is 23.4 Å². The molecule has 0 aliphatic heterocycles. The Balaban J connectivity index is 2.76. The lowest BCUT2D eigenvalue weighted by Crippen LogP contribution is -2.33. The van der Waals surface area contributed by atoms with Gasteiger partial charge < -0.3 is 26.8 Å². The number of halogens is 3. The number of alkyl carbamates (subject to hydrolysis) is 1. The molecule has 0 saturated heterocycles. The number of hydrogen-bond acceptors (Lipinski definition) is 6. The van der Waals surface area contributed by atoms with Gasteiger partial charge in [0.1, 0.15) is 5.60 Å². The van der Waals surface area contributed by atoms with Gasteiger partial charge in [-0.15, -0.1) is 11.8 Å². The highest BCUT2D eigenvalue weighted by atomic mass is 32.2. The number of benzene rings is 1. The molecule has 1 aromatic carbocycles. The average molecular weight is 437 g/mol. The second kappa shape index (κ2) is 11.4. The number of rotatable bonds is 10. The topological polar surface area (TPSA) is 102 Å². The minimum Gasteiger partial charge on any atom is -0.444 e. The molecule has 0 heterocycles. The fourth-order valence-electron chi connectivity index (χ4n) is 2.40. The van der Waals surface area contributed by atoms with Gasteiger partial charge in [0, 0.05) is 24.5 Å². The SMILES string of the molecule is CC(C)(C)OC(=O)NCCSc1c(N)cc(C(F)(F)F)cc1NCCCCCN. The zero-order chi connectivity index (χ0) is 22.1. The normalized spacial score (nSPS) is 12.0. The molecule has 0 spiro atoms.